The summed E-state index contributed by atoms with van der Waals surface area (Å²) in [5.41, 5.74) is 5.06. The second-order valence-electron chi connectivity index (χ2n) is 11.2. The fraction of sp³-hybridized carbons (Fsp3) is 0.229. The van der Waals surface area contributed by atoms with Crippen LogP contribution in [0.15, 0.2) is 88.8 Å². The molecule has 0 fully saturated rings. The molecule has 4 aromatic carbocycles. The maximum absolute atomic E-state index is 13.9. The van der Waals surface area contributed by atoms with E-state index < -0.39 is 4.92 Å². The lowest BCUT2D eigenvalue weighted by Crippen LogP contribution is -2.21. The smallest absolute Gasteiger partial charge is 0.282 e. The molecule has 1 heterocycles. The first-order valence-electron chi connectivity index (χ1n) is 14.5. The van der Waals surface area contributed by atoms with Crippen molar-refractivity contribution in [2.75, 3.05) is 26.1 Å². The molecule has 5 aromatic rings. The Kier molecular flexibility index (Phi) is 8.94. The van der Waals surface area contributed by atoms with E-state index in [1.807, 2.05) is 68.4 Å². The summed E-state index contributed by atoms with van der Waals surface area (Å²) in [6.07, 6.45) is 1.58. The first-order valence-corrected chi connectivity index (χ1v) is 14.5. The molecule has 10 heteroatoms. The van der Waals surface area contributed by atoms with Crippen LogP contribution in [-0.4, -0.2) is 42.0 Å². The van der Waals surface area contributed by atoms with Gasteiger partial charge in [-0.1, -0.05) is 38.1 Å². The third kappa shape index (κ3) is 6.54. The monoisotopic (exact) mass is 605 g/mol. The van der Waals surface area contributed by atoms with Gasteiger partial charge in [0.25, 0.3) is 11.2 Å². The van der Waals surface area contributed by atoms with E-state index in [4.69, 9.17) is 19.6 Å². The highest BCUT2D eigenvalue weighted by Gasteiger charge is 2.19. The maximum Gasteiger partial charge on any atom is 0.282 e. The van der Waals surface area contributed by atoms with E-state index in [1.165, 1.54) is 16.8 Å². The van der Waals surface area contributed by atoms with Gasteiger partial charge in [0.15, 0.2) is 5.82 Å². The molecule has 0 aliphatic carbocycles. The number of methoxy groups -OCH3 is 1. The number of fused-ring (bicyclic) bond motifs is 1. The second kappa shape index (κ2) is 13.0. The van der Waals surface area contributed by atoms with Crippen molar-refractivity contribution >= 4 is 28.5 Å². The maximum atomic E-state index is 13.9. The van der Waals surface area contributed by atoms with Crippen molar-refractivity contribution in [2.45, 2.75) is 33.3 Å². The minimum absolute atomic E-state index is 0.00918. The molecule has 0 amide bonds. The van der Waals surface area contributed by atoms with Crippen LogP contribution < -0.4 is 19.9 Å². The Hall–Kier alpha value is -5.51. The predicted molar refractivity (Wildman–Crippen MR) is 178 cm³/mol. The molecule has 45 heavy (non-hydrogen) atoms. The highest BCUT2D eigenvalue weighted by Crippen LogP contribution is 2.34. The molecule has 1 aromatic heterocycles. The normalized spacial score (nSPS) is 11.4. The minimum Gasteiger partial charge on any atom is -0.496 e. The van der Waals surface area contributed by atoms with Crippen molar-refractivity contribution in [3.05, 3.63) is 122 Å². The summed E-state index contributed by atoms with van der Waals surface area (Å²) >= 11 is 0. The average molecular weight is 606 g/mol. The number of nitrogens with zero attached hydrogens (tertiary/aromatic N) is 5. The van der Waals surface area contributed by atoms with E-state index in [1.54, 1.807) is 37.6 Å². The van der Waals surface area contributed by atoms with Gasteiger partial charge in [0.1, 0.15) is 18.1 Å². The average Bonchev–Trinajstić information content (AvgIpc) is 3.03. The molecule has 0 atom stereocenters. The highest BCUT2D eigenvalue weighted by atomic mass is 16.6. The lowest BCUT2D eigenvalue weighted by Gasteiger charge is -2.18. The summed E-state index contributed by atoms with van der Waals surface area (Å²) in [6, 6.07) is 23.1. The number of rotatable bonds is 10. The van der Waals surface area contributed by atoms with Crippen molar-refractivity contribution in [1.29, 1.82) is 0 Å². The molecule has 0 N–H and O–H groups in total. The number of aryl methyl sites for hydroxylation is 1. The van der Waals surface area contributed by atoms with Crippen LogP contribution in [0.5, 0.6) is 11.5 Å². The van der Waals surface area contributed by atoms with Crippen molar-refractivity contribution < 1.29 is 14.4 Å². The number of ether oxygens (including phenoxy) is 2. The zero-order valence-electron chi connectivity index (χ0n) is 26.1. The van der Waals surface area contributed by atoms with Crippen LogP contribution >= 0.6 is 0 Å². The Balaban J connectivity index is 1.63. The number of nitro groups is 1. The molecule has 0 radical (unpaired) electrons. The highest BCUT2D eigenvalue weighted by molar-refractivity contribution is 5.86. The van der Waals surface area contributed by atoms with Crippen LogP contribution in [0.25, 0.3) is 22.3 Å². The number of anilines is 1. The SMILES string of the molecule is COc1cc(C)c(-c2nc3ccccc3c(=O)n2N=Cc2ccc(N(C)C)cc2OCc2cccc([N+](=O)[O-])c2)cc1C(C)C. The zero-order valence-corrected chi connectivity index (χ0v) is 26.1. The number of non-ortho nitro benzene ring substituents is 1. The lowest BCUT2D eigenvalue weighted by atomic mass is 9.96. The number of benzene rings is 4. The van der Waals surface area contributed by atoms with Gasteiger partial charge in [0.05, 0.1) is 29.2 Å². The fourth-order valence-corrected chi connectivity index (χ4v) is 5.05. The summed E-state index contributed by atoms with van der Waals surface area (Å²) in [7, 11) is 5.49. The fourth-order valence-electron chi connectivity index (χ4n) is 5.05. The van der Waals surface area contributed by atoms with Crippen LogP contribution in [0.2, 0.25) is 0 Å². The minimum atomic E-state index is -0.435. The van der Waals surface area contributed by atoms with E-state index in [9.17, 15) is 14.9 Å². The summed E-state index contributed by atoms with van der Waals surface area (Å²) in [5, 5.41) is 16.4. The Labute approximate surface area is 261 Å². The third-order valence-electron chi connectivity index (χ3n) is 7.53. The summed E-state index contributed by atoms with van der Waals surface area (Å²) in [5.74, 6) is 1.85. The molecule has 10 nitrogen and oxygen atoms in total. The van der Waals surface area contributed by atoms with Crippen molar-refractivity contribution in [3.63, 3.8) is 0 Å². The topological polar surface area (TPSA) is 112 Å². The first-order chi connectivity index (χ1) is 21.6. The third-order valence-corrected chi connectivity index (χ3v) is 7.53. The predicted octanol–water partition coefficient (Wildman–Crippen LogP) is 6.94. The lowest BCUT2D eigenvalue weighted by molar-refractivity contribution is -0.384. The molecular weight excluding hydrogens is 570 g/mol. The molecule has 0 spiro atoms. The summed E-state index contributed by atoms with van der Waals surface area (Å²) in [4.78, 5) is 31.6. The number of hydrogen-bond donors (Lipinski definition) is 0. The molecule has 5 rings (SSSR count). The first kappa shape index (κ1) is 30.9. The van der Waals surface area contributed by atoms with Gasteiger partial charge in [-0.25, -0.2) is 4.98 Å². The molecule has 0 saturated heterocycles. The standard InChI is InChI=1S/C35H35N5O5/c1-22(2)29-19-30(23(3)16-33(29)44-6)34-37-31-13-8-7-12-28(31)35(41)39(34)36-20-25-14-15-26(38(4)5)18-32(25)45-21-24-10-9-11-27(17-24)40(42)43/h7-20,22H,21H2,1-6H3. The van der Waals surface area contributed by atoms with Gasteiger partial charge < -0.3 is 14.4 Å². The van der Waals surface area contributed by atoms with Crippen molar-refractivity contribution in [1.82, 2.24) is 9.66 Å². The van der Waals surface area contributed by atoms with Gasteiger partial charge in [-0.2, -0.15) is 9.78 Å². The van der Waals surface area contributed by atoms with Gasteiger partial charge in [-0.05, 0) is 65.9 Å². The van der Waals surface area contributed by atoms with Gasteiger partial charge in [0.2, 0.25) is 0 Å². The molecular formula is C35H35N5O5. The second-order valence-corrected chi connectivity index (χ2v) is 11.2. The van der Waals surface area contributed by atoms with E-state index in [0.29, 0.717) is 33.6 Å². The van der Waals surface area contributed by atoms with E-state index >= 15 is 0 Å². The van der Waals surface area contributed by atoms with Crippen LogP contribution in [0.1, 0.15) is 42.0 Å². The Bertz CT molecular complexity index is 1980. The van der Waals surface area contributed by atoms with Crippen LogP contribution in [0, 0.1) is 17.0 Å². The van der Waals surface area contributed by atoms with E-state index in [-0.39, 0.29) is 23.8 Å². The largest absolute Gasteiger partial charge is 0.496 e. The Morgan fingerprint density at radius 3 is 2.51 bits per heavy atom. The van der Waals surface area contributed by atoms with Gasteiger partial charge in [0, 0.05) is 49.1 Å². The molecule has 0 saturated carbocycles. The zero-order chi connectivity index (χ0) is 32.2. The Morgan fingerprint density at radius 1 is 1.02 bits per heavy atom. The number of para-hydroxylation sites is 1. The summed E-state index contributed by atoms with van der Waals surface area (Å²) < 4.78 is 13.2. The summed E-state index contributed by atoms with van der Waals surface area (Å²) in [6.45, 7) is 6.23. The molecule has 0 aliphatic heterocycles. The van der Waals surface area contributed by atoms with E-state index in [0.717, 1.165) is 28.1 Å². The molecule has 0 aliphatic rings. The van der Waals surface area contributed by atoms with Crippen molar-refractivity contribution in [2.24, 2.45) is 5.10 Å². The Morgan fingerprint density at radius 2 is 1.80 bits per heavy atom. The molecule has 0 unspecified atom stereocenters. The number of aromatic nitrogens is 2. The van der Waals surface area contributed by atoms with Gasteiger partial charge in [-0.3, -0.25) is 14.9 Å². The number of hydrogen-bond acceptors (Lipinski definition) is 8. The van der Waals surface area contributed by atoms with Crippen LogP contribution in [0.4, 0.5) is 11.4 Å². The quantitative estimate of drug-likeness (QED) is 0.0963. The molecule has 0 bridgehead atoms. The van der Waals surface area contributed by atoms with Crippen molar-refractivity contribution in [3.8, 4) is 22.9 Å². The van der Waals surface area contributed by atoms with E-state index in [2.05, 4.69) is 13.8 Å². The van der Waals surface area contributed by atoms with Crippen LogP contribution in [-0.2, 0) is 6.61 Å². The van der Waals surface area contributed by atoms with Gasteiger partial charge in [-0.15, -0.1) is 0 Å². The number of nitro benzene ring substituents is 1. The molecule has 230 valence electrons. The van der Waals surface area contributed by atoms with Crippen LogP contribution in [0.3, 0.4) is 0 Å². The van der Waals surface area contributed by atoms with Gasteiger partial charge >= 0.3 is 0 Å².